The van der Waals surface area contributed by atoms with Crippen molar-refractivity contribution in [1.29, 1.82) is 0 Å². The first-order valence-electron chi connectivity index (χ1n) is 5.45. The van der Waals surface area contributed by atoms with Crippen molar-refractivity contribution in [3.8, 4) is 0 Å². The van der Waals surface area contributed by atoms with Gasteiger partial charge >= 0.3 is 0 Å². The van der Waals surface area contributed by atoms with E-state index < -0.39 is 0 Å². The molecule has 0 N–H and O–H groups in total. The lowest BCUT2D eigenvalue weighted by Crippen LogP contribution is -2.23. The molecule has 1 heterocycles. The van der Waals surface area contributed by atoms with E-state index in [1.165, 1.54) is 17.5 Å². The molecule has 0 aromatic heterocycles. The predicted molar refractivity (Wildman–Crippen MR) is 71.5 cm³/mol. The molecule has 15 heavy (non-hydrogen) atoms. The van der Waals surface area contributed by atoms with Crippen LogP contribution < -0.4 is 0 Å². The molecule has 2 unspecified atom stereocenters. The standard InChI is InChI=1S/C13H17IO/c1-10-5-3-4-6-12(10)13(2)8-7-11(9-14)15-13/h3-6,11H,7-9H2,1-2H3. The number of hydrogen-bond donors (Lipinski definition) is 0. The summed E-state index contributed by atoms with van der Waals surface area (Å²) < 4.78 is 7.25. The molecular formula is C13H17IO. The van der Waals surface area contributed by atoms with Crippen LogP contribution in [0.25, 0.3) is 0 Å². The smallest absolute Gasteiger partial charge is 0.0910 e. The van der Waals surface area contributed by atoms with E-state index in [4.69, 9.17) is 4.74 Å². The van der Waals surface area contributed by atoms with E-state index in [2.05, 4.69) is 60.7 Å². The Morgan fingerprint density at radius 2 is 2.20 bits per heavy atom. The monoisotopic (exact) mass is 316 g/mol. The molecule has 0 bridgehead atoms. The zero-order chi connectivity index (χ0) is 10.9. The average molecular weight is 316 g/mol. The molecule has 1 nitrogen and oxygen atoms in total. The van der Waals surface area contributed by atoms with E-state index in [-0.39, 0.29) is 5.60 Å². The van der Waals surface area contributed by atoms with Crippen molar-refractivity contribution in [2.24, 2.45) is 0 Å². The Morgan fingerprint density at radius 3 is 2.80 bits per heavy atom. The van der Waals surface area contributed by atoms with Gasteiger partial charge < -0.3 is 4.74 Å². The van der Waals surface area contributed by atoms with Gasteiger partial charge in [0.15, 0.2) is 0 Å². The van der Waals surface area contributed by atoms with Gasteiger partial charge in [0.05, 0.1) is 11.7 Å². The van der Waals surface area contributed by atoms with Gasteiger partial charge in [0.25, 0.3) is 0 Å². The molecule has 1 aromatic rings. The van der Waals surface area contributed by atoms with Gasteiger partial charge in [-0.25, -0.2) is 0 Å². The SMILES string of the molecule is Cc1ccccc1C1(C)CCC(CI)O1. The second kappa shape index (κ2) is 4.42. The van der Waals surface area contributed by atoms with Gasteiger partial charge in [0, 0.05) is 4.43 Å². The van der Waals surface area contributed by atoms with E-state index in [0.717, 1.165) is 10.8 Å². The molecule has 0 radical (unpaired) electrons. The van der Waals surface area contributed by atoms with Gasteiger partial charge in [-0.05, 0) is 37.8 Å². The molecule has 0 spiro atoms. The largest absolute Gasteiger partial charge is 0.367 e. The second-order valence-corrected chi connectivity index (χ2v) is 5.36. The summed E-state index contributed by atoms with van der Waals surface area (Å²) in [7, 11) is 0. The Morgan fingerprint density at radius 1 is 1.47 bits per heavy atom. The van der Waals surface area contributed by atoms with Crippen LogP contribution in [0.2, 0.25) is 0 Å². The van der Waals surface area contributed by atoms with Crippen LogP contribution >= 0.6 is 22.6 Å². The molecule has 1 aliphatic rings. The van der Waals surface area contributed by atoms with Crippen LogP contribution in [0.1, 0.15) is 30.9 Å². The third kappa shape index (κ3) is 2.21. The van der Waals surface area contributed by atoms with Crippen molar-refractivity contribution in [2.75, 3.05) is 4.43 Å². The summed E-state index contributed by atoms with van der Waals surface area (Å²) in [5, 5.41) is 0. The zero-order valence-electron chi connectivity index (χ0n) is 9.29. The van der Waals surface area contributed by atoms with Crippen LogP contribution in [0, 0.1) is 6.92 Å². The van der Waals surface area contributed by atoms with Gasteiger partial charge in [0.1, 0.15) is 0 Å². The summed E-state index contributed by atoms with van der Waals surface area (Å²) in [5.74, 6) is 0. The molecule has 1 fully saturated rings. The number of alkyl halides is 1. The fourth-order valence-corrected chi connectivity index (χ4v) is 3.02. The van der Waals surface area contributed by atoms with Crippen LogP contribution in [0.5, 0.6) is 0 Å². The first-order chi connectivity index (χ1) is 7.15. The molecule has 82 valence electrons. The molecule has 1 aromatic carbocycles. The van der Waals surface area contributed by atoms with Crippen molar-refractivity contribution in [3.63, 3.8) is 0 Å². The Balaban J connectivity index is 2.27. The Bertz CT molecular complexity index is 350. The molecule has 2 rings (SSSR count). The van der Waals surface area contributed by atoms with Crippen molar-refractivity contribution >= 4 is 22.6 Å². The maximum absolute atomic E-state index is 6.16. The molecule has 1 aliphatic heterocycles. The zero-order valence-corrected chi connectivity index (χ0v) is 11.5. The fraction of sp³-hybridized carbons (Fsp3) is 0.538. The molecule has 0 amide bonds. The lowest BCUT2D eigenvalue weighted by atomic mass is 9.89. The Hall–Kier alpha value is -0.0900. The molecule has 2 atom stereocenters. The van der Waals surface area contributed by atoms with E-state index in [1.807, 2.05) is 0 Å². The molecule has 1 saturated heterocycles. The van der Waals surface area contributed by atoms with E-state index in [0.29, 0.717) is 6.10 Å². The molecular weight excluding hydrogens is 299 g/mol. The minimum Gasteiger partial charge on any atom is -0.367 e. The highest BCUT2D eigenvalue weighted by atomic mass is 127. The van der Waals surface area contributed by atoms with Crippen LogP contribution in [0.15, 0.2) is 24.3 Å². The lowest BCUT2D eigenvalue weighted by molar-refractivity contribution is -0.0218. The summed E-state index contributed by atoms with van der Waals surface area (Å²) in [6, 6.07) is 8.56. The number of rotatable bonds is 2. The highest BCUT2D eigenvalue weighted by Gasteiger charge is 2.37. The first-order valence-corrected chi connectivity index (χ1v) is 6.98. The number of ether oxygens (including phenoxy) is 1. The Labute approximate surface area is 105 Å². The normalized spacial score (nSPS) is 30.7. The van der Waals surface area contributed by atoms with Gasteiger partial charge in [-0.15, -0.1) is 0 Å². The molecule has 2 heteroatoms. The number of benzene rings is 1. The number of halogens is 1. The summed E-state index contributed by atoms with van der Waals surface area (Å²) in [5.41, 5.74) is 2.65. The van der Waals surface area contributed by atoms with Crippen molar-refractivity contribution in [2.45, 2.75) is 38.4 Å². The van der Waals surface area contributed by atoms with Crippen LogP contribution in [0.4, 0.5) is 0 Å². The summed E-state index contributed by atoms with van der Waals surface area (Å²) in [6.45, 7) is 4.39. The lowest BCUT2D eigenvalue weighted by Gasteiger charge is -2.26. The van der Waals surface area contributed by atoms with Gasteiger partial charge in [-0.3, -0.25) is 0 Å². The minimum absolute atomic E-state index is 0.0544. The quantitative estimate of drug-likeness (QED) is 0.595. The number of hydrogen-bond acceptors (Lipinski definition) is 1. The van der Waals surface area contributed by atoms with Crippen LogP contribution in [0.3, 0.4) is 0 Å². The van der Waals surface area contributed by atoms with Crippen molar-refractivity contribution in [3.05, 3.63) is 35.4 Å². The first kappa shape index (κ1) is 11.4. The van der Waals surface area contributed by atoms with E-state index in [9.17, 15) is 0 Å². The fourth-order valence-electron chi connectivity index (χ4n) is 2.40. The molecule has 0 aliphatic carbocycles. The highest BCUT2D eigenvalue weighted by molar-refractivity contribution is 14.1. The van der Waals surface area contributed by atoms with E-state index in [1.54, 1.807) is 0 Å². The topological polar surface area (TPSA) is 9.23 Å². The highest BCUT2D eigenvalue weighted by Crippen LogP contribution is 2.40. The third-order valence-corrected chi connectivity index (χ3v) is 4.24. The predicted octanol–water partition coefficient (Wildman–Crippen LogP) is 3.82. The minimum atomic E-state index is -0.0544. The van der Waals surface area contributed by atoms with E-state index >= 15 is 0 Å². The second-order valence-electron chi connectivity index (χ2n) is 4.48. The van der Waals surface area contributed by atoms with Crippen molar-refractivity contribution in [1.82, 2.24) is 0 Å². The van der Waals surface area contributed by atoms with Gasteiger partial charge in [0.2, 0.25) is 0 Å². The van der Waals surface area contributed by atoms with Gasteiger partial charge in [-0.2, -0.15) is 0 Å². The summed E-state index contributed by atoms with van der Waals surface area (Å²) in [6.07, 6.45) is 2.77. The van der Waals surface area contributed by atoms with Crippen molar-refractivity contribution < 1.29 is 4.74 Å². The molecule has 0 saturated carbocycles. The third-order valence-electron chi connectivity index (χ3n) is 3.26. The number of aryl methyl sites for hydroxylation is 1. The van der Waals surface area contributed by atoms with Gasteiger partial charge in [-0.1, -0.05) is 46.9 Å². The average Bonchev–Trinajstić information content (AvgIpc) is 2.62. The van der Waals surface area contributed by atoms with Crippen LogP contribution in [-0.4, -0.2) is 10.5 Å². The maximum Gasteiger partial charge on any atom is 0.0910 e. The maximum atomic E-state index is 6.16. The summed E-state index contributed by atoms with van der Waals surface area (Å²) >= 11 is 2.41. The van der Waals surface area contributed by atoms with Crippen LogP contribution in [-0.2, 0) is 10.3 Å². The Kier molecular flexibility index (Phi) is 3.36. The summed E-state index contributed by atoms with van der Waals surface area (Å²) in [4.78, 5) is 0.